The van der Waals surface area contributed by atoms with Crippen LogP contribution in [0.4, 0.5) is 22.9 Å². The first kappa shape index (κ1) is 10.9. The van der Waals surface area contributed by atoms with E-state index < -0.39 is 4.92 Å². The highest BCUT2D eigenvalue weighted by Gasteiger charge is 2.06. The normalized spacial score (nSPS) is 9.88. The van der Waals surface area contributed by atoms with Gasteiger partial charge in [0.25, 0.3) is 0 Å². The summed E-state index contributed by atoms with van der Waals surface area (Å²) in [6.07, 6.45) is 1.40. The minimum atomic E-state index is -0.537. The number of hydrogen-bond acceptors (Lipinski definition) is 5. The van der Waals surface area contributed by atoms with Crippen molar-refractivity contribution in [2.45, 2.75) is 0 Å². The van der Waals surface area contributed by atoms with Crippen LogP contribution in [0.2, 0.25) is 0 Å². The van der Waals surface area contributed by atoms with E-state index in [1.54, 1.807) is 18.2 Å². The van der Waals surface area contributed by atoms with E-state index in [1.807, 2.05) is 12.1 Å². The number of benzene rings is 1. The number of pyridine rings is 1. The summed E-state index contributed by atoms with van der Waals surface area (Å²) in [6, 6.07) is 10.1. The predicted molar refractivity (Wildman–Crippen MR) is 65.0 cm³/mol. The summed E-state index contributed by atoms with van der Waals surface area (Å²) in [5.41, 5.74) is 7.75. The van der Waals surface area contributed by atoms with Gasteiger partial charge in [0.05, 0.1) is 5.69 Å². The first-order chi connectivity index (χ1) is 8.15. The molecule has 0 fully saturated rings. The van der Waals surface area contributed by atoms with Gasteiger partial charge in [-0.2, -0.15) is 0 Å². The zero-order valence-corrected chi connectivity index (χ0v) is 8.83. The Kier molecular flexibility index (Phi) is 2.87. The number of aromatic nitrogens is 1. The van der Waals surface area contributed by atoms with E-state index in [1.165, 1.54) is 12.3 Å². The van der Waals surface area contributed by atoms with Gasteiger partial charge < -0.3 is 21.2 Å². The molecular formula is C11H10N4O2. The summed E-state index contributed by atoms with van der Waals surface area (Å²) in [5.74, 6) is -0.178. The maximum Gasteiger partial charge on any atom is 0.363 e. The predicted octanol–water partition coefficient (Wildman–Crippen LogP) is 2.32. The molecule has 6 nitrogen and oxygen atoms in total. The van der Waals surface area contributed by atoms with Crippen molar-refractivity contribution in [1.29, 1.82) is 0 Å². The summed E-state index contributed by atoms with van der Waals surface area (Å²) < 4.78 is 0. The van der Waals surface area contributed by atoms with Gasteiger partial charge in [0.15, 0.2) is 6.20 Å². The van der Waals surface area contributed by atoms with Gasteiger partial charge in [-0.3, -0.25) is 0 Å². The number of nitrogen functional groups attached to an aromatic ring is 1. The SMILES string of the molecule is Nc1cccc(Nc2ccc([N+](=O)[O-])nc2)c1. The monoisotopic (exact) mass is 230 g/mol. The third-order valence-electron chi connectivity index (χ3n) is 2.11. The topological polar surface area (TPSA) is 94.1 Å². The Morgan fingerprint density at radius 2 is 2.06 bits per heavy atom. The van der Waals surface area contributed by atoms with Crippen LogP contribution in [-0.2, 0) is 0 Å². The fourth-order valence-electron chi connectivity index (χ4n) is 1.35. The van der Waals surface area contributed by atoms with Crippen LogP contribution in [0.15, 0.2) is 42.6 Å². The van der Waals surface area contributed by atoms with Gasteiger partial charge in [0.2, 0.25) is 0 Å². The largest absolute Gasteiger partial charge is 0.399 e. The number of nitrogens with two attached hydrogens (primary N) is 1. The molecule has 1 aromatic heterocycles. The summed E-state index contributed by atoms with van der Waals surface area (Å²) in [6.45, 7) is 0. The van der Waals surface area contributed by atoms with Crippen molar-refractivity contribution in [1.82, 2.24) is 4.98 Å². The van der Waals surface area contributed by atoms with Crippen molar-refractivity contribution in [2.24, 2.45) is 0 Å². The van der Waals surface area contributed by atoms with E-state index in [0.29, 0.717) is 11.4 Å². The number of rotatable bonds is 3. The lowest BCUT2D eigenvalue weighted by Gasteiger charge is -2.04. The number of nitro groups is 1. The Morgan fingerprint density at radius 3 is 2.65 bits per heavy atom. The number of hydrogen-bond donors (Lipinski definition) is 2. The summed E-state index contributed by atoms with van der Waals surface area (Å²) in [5, 5.41) is 13.5. The highest BCUT2D eigenvalue weighted by Crippen LogP contribution is 2.19. The van der Waals surface area contributed by atoms with E-state index >= 15 is 0 Å². The van der Waals surface area contributed by atoms with Crippen molar-refractivity contribution >= 4 is 22.9 Å². The molecule has 0 aliphatic rings. The minimum Gasteiger partial charge on any atom is -0.399 e. The maximum atomic E-state index is 10.4. The Labute approximate surface area is 97.3 Å². The van der Waals surface area contributed by atoms with Crippen LogP contribution in [0, 0.1) is 10.1 Å². The number of anilines is 3. The number of nitrogens with one attached hydrogen (secondary N) is 1. The molecule has 0 spiro atoms. The molecule has 0 atom stereocenters. The molecule has 0 aliphatic carbocycles. The molecule has 1 aromatic carbocycles. The van der Waals surface area contributed by atoms with Crippen molar-refractivity contribution < 1.29 is 4.92 Å². The molecule has 0 unspecified atom stereocenters. The quantitative estimate of drug-likeness (QED) is 0.479. The molecule has 1 heterocycles. The number of nitrogens with zero attached hydrogens (tertiary/aromatic N) is 2. The second-order valence-corrected chi connectivity index (χ2v) is 3.41. The molecule has 6 heteroatoms. The van der Waals surface area contributed by atoms with Crippen LogP contribution in [0.5, 0.6) is 0 Å². The van der Waals surface area contributed by atoms with E-state index in [0.717, 1.165) is 5.69 Å². The van der Waals surface area contributed by atoms with E-state index in [2.05, 4.69) is 10.3 Å². The van der Waals surface area contributed by atoms with Crippen LogP contribution >= 0.6 is 0 Å². The maximum absolute atomic E-state index is 10.4. The van der Waals surface area contributed by atoms with Gasteiger partial charge in [-0.05, 0) is 34.2 Å². The smallest absolute Gasteiger partial charge is 0.363 e. The highest BCUT2D eigenvalue weighted by molar-refractivity contribution is 5.63. The van der Waals surface area contributed by atoms with Crippen LogP contribution in [0.1, 0.15) is 0 Å². The molecule has 0 saturated carbocycles. The molecule has 17 heavy (non-hydrogen) atoms. The van der Waals surface area contributed by atoms with Gasteiger partial charge in [0.1, 0.15) is 0 Å². The molecule has 0 amide bonds. The molecule has 0 saturated heterocycles. The molecule has 0 radical (unpaired) electrons. The summed E-state index contributed by atoms with van der Waals surface area (Å²) in [7, 11) is 0. The fourth-order valence-corrected chi connectivity index (χ4v) is 1.35. The third kappa shape index (κ3) is 2.69. The average molecular weight is 230 g/mol. The lowest BCUT2D eigenvalue weighted by Crippen LogP contribution is -1.95. The van der Waals surface area contributed by atoms with Crippen molar-refractivity contribution in [2.75, 3.05) is 11.1 Å². The zero-order valence-electron chi connectivity index (χ0n) is 8.83. The third-order valence-corrected chi connectivity index (χ3v) is 2.11. The first-order valence-corrected chi connectivity index (χ1v) is 4.88. The fraction of sp³-hybridized carbons (Fsp3) is 0. The molecule has 0 bridgehead atoms. The van der Waals surface area contributed by atoms with Crippen LogP contribution in [-0.4, -0.2) is 9.91 Å². The first-order valence-electron chi connectivity index (χ1n) is 4.88. The summed E-state index contributed by atoms with van der Waals surface area (Å²) >= 11 is 0. The van der Waals surface area contributed by atoms with Crippen LogP contribution in [0.25, 0.3) is 0 Å². The average Bonchev–Trinajstić information content (AvgIpc) is 2.29. The standard InChI is InChI=1S/C11H10N4O2/c12-8-2-1-3-9(6-8)14-10-4-5-11(13-7-10)15(16)17/h1-7,14H,12H2. The van der Waals surface area contributed by atoms with E-state index in [4.69, 9.17) is 5.73 Å². The van der Waals surface area contributed by atoms with E-state index in [9.17, 15) is 10.1 Å². The second kappa shape index (κ2) is 4.48. The van der Waals surface area contributed by atoms with Crippen molar-refractivity contribution in [3.8, 4) is 0 Å². The minimum absolute atomic E-state index is 0.178. The van der Waals surface area contributed by atoms with Gasteiger partial charge >= 0.3 is 5.82 Å². The van der Waals surface area contributed by atoms with Crippen LogP contribution < -0.4 is 11.1 Å². The second-order valence-electron chi connectivity index (χ2n) is 3.41. The van der Waals surface area contributed by atoms with Crippen molar-refractivity contribution in [3.63, 3.8) is 0 Å². The molecule has 0 aliphatic heterocycles. The Hall–Kier alpha value is -2.63. The van der Waals surface area contributed by atoms with Crippen LogP contribution in [0.3, 0.4) is 0 Å². The molecular weight excluding hydrogens is 220 g/mol. The lowest BCUT2D eigenvalue weighted by molar-refractivity contribution is -0.389. The summed E-state index contributed by atoms with van der Waals surface area (Å²) in [4.78, 5) is 13.6. The lowest BCUT2D eigenvalue weighted by atomic mass is 10.2. The van der Waals surface area contributed by atoms with Gasteiger partial charge in [0, 0.05) is 17.4 Å². The molecule has 2 aromatic rings. The van der Waals surface area contributed by atoms with Gasteiger partial charge in [-0.15, -0.1) is 0 Å². The van der Waals surface area contributed by atoms with Gasteiger partial charge in [-0.1, -0.05) is 6.07 Å². The Balaban J connectivity index is 2.16. The Morgan fingerprint density at radius 1 is 1.24 bits per heavy atom. The zero-order chi connectivity index (χ0) is 12.3. The van der Waals surface area contributed by atoms with Gasteiger partial charge in [-0.25, -0.2) is 0 Å². The van der Waals surface area contributed by atoms with E-state index in [-0.39, 0.29) is 5.82 Å². The Bertz CT molecular complexity index is 539. The highest BCUT2D eigenvalue weighted by atomic mass is 16.6. The molecule has 3 N–H and O–H groups in total. The van der Waals surface area contributed by atoms with Crippen molar-refractivity contribution in [3.05, 3.63) is 52.7 Å². The molecule has 86 valence electrons. The molecule has 2 rings (SSSR count).